The maximum Gasteiger partial charge on any atom is 0.123 e. The van der Waals surface area contributed by atoms with Crippen molar-refractivity contribution in [3.8, 4) is 0 Å². The first kappa shape index (κ1) is 13.8. The van der Waals surface area contributed by atoms with Crippen molar-refractivity contribution in [3.05, 3.63) is 60.2 Å². The third-order valence-electron chi connectivity index (χ3n) is 3.65. The Morgan fingerprint density at radius 2 is 2.05 bits per heavy atom. The minimum Gasteiger partial charge on any atom is -0.327 e. The van der Waals surface area contributed by atoms with Crippen LogP contribution in [0.15, 0.2) is 48.8 Å². The molecule has 4 heteroatoms. The van der Waals surface area contributed by atoms with Crippen molar-refractivity contribution < 1.29 is 0 Å². The lowest BCUT2D eigenvalue weighted by Gasteiger charge is -2.07. The molecule has 4 nitrogen and oxygen atoms in total. The molecule has 0 atom stereocenters. The number of hydrogen-bond donors (Lipinski definition) is 1. The molecule has 108 valence electrons. The molecule has 2 aromatic heterocycles. The van der Waals surface area contributed by atoms with Gasteiger partial charge in [-0.15, -0.1) is 0 Å². The van der Waals surface area contributed by atoms with Crippen LogP contribution in [0.5, 0.6) is 0 Å². The van der Waals surface area contributed by atoms with Gasteiger partial charge in [-0.1, -0.05) is 18.2 Å². The van der Waals surface area contributed by atoms with Crippen LogP contribution in [0.2, 0.25) is 0 Å². The lowest BCUT2D eigenvalue weighted by Crippen LogP contribution is -2.19. The molecule has 0 fully saturated rings. The number of rotatable bonds is 6. The van der Waals surface area contributed by atoms with E-state index in [9.17, 15) is 0 Å². The summed E-state index contributed by atoms with van der Waals surface area (Å²) in [7, 11) is 0. The molecule has 0 amide bonds. The summed E-state index contributed by atoms with van der Waals surface area (Å²) in [5.74, 6) is 1.10. The van der Waals surface area contributed by atoms with Crippen LogP contribution in [0.25, 0.3) is 11.0 Å². The number of fused-ring (bicyclic) bond motifs is 1. The van der Waals surface area contributed by atoms with Crippen LogP contribution in [0, 0.1) is 0 Å². The molecule has 0 radical (unpaired) electrons. The van der Waals surface area contributed by atoms with E-state index in [-0.39, 0.29) is 0 Å². The smallest absolute Gasteiger partial charge is 0.123 e. The van der Waals surface area contributed by atoms with Crippen molar-refractivity contribution in [1.82, 2.24) is 19.9 Å². The molecule has 0 saturated carbocycles. The highest BCUT2D eigenvalue weighted by Gasteiger charge is 2.07. The van der Waals surface area contributed by atoms with Crippen molar-refractivity contribution in [3.63, 3.8) is 0 Å². The summed E-state index contributed by atoms with van der Waals surface area (Å²) in [6, 6.07) is 12.4. The zero-order valence-corrected chi connectivity index (χ0v) is 12.3. The van der Waals surface area contributed by atoms with Gasteiger partial charge in [-0.25, -0.2) is 4.98 Å². The number of para-hydroxylation sites is 2. The lowest BCUT2D eigenvalue weighted by atomic mass is 10.2. The van der Waals surface area contributed by atoms with Gasteiger partial charge in [0.2, 0.25) is 0 Å². The Balaban J connectivity index is 1.63. The lowest BCUT2D eigenvalue weighted by molar-refractivity contribution is 0.620. The first-order valence-electron chi connectivity index (χ1n) is 7.42. The first-order chi connectivity index (χ1) is 10.4. The predicted octanol–water partition coefficient (Wildman–Crippen LogP) is 2.78. The van der Waals surface area contributed by atoms with E-state index >= 15 is 0 Å². The van der Waals surface area contributed by atoms with Gasteiger partial charge >= 0.3 is 0 Å². The van der Waals surface area contributed by atoms with Gasteiger partial charge in [0.15, 0.2) is 0 Å². The Bertz CT molecular complexity index is 703. The standard InChI is InChI=1S/C17H20N4/c1-2-21-16-8-4-3-7-15(16)20-17(21)13-19-11-9-14-6-5-10-18-12-14/h3-8,10,12,19H,2,9,11,13H2,1H3. The van der Waals surface area contributed by atoms with Gasteiger partial charge in [-0.3, -0.25) is 4.98 Å². The van der Waals surface area contributed by atoms with Crippen molar-refractivity contribution in [2.45, 2.75) is 26.4 Å². The maximum absolute atomic E-state index is 4.72. The number of aryl methyl sites for hydroxylation is 1. The minimum atomic E-state index is 0.794. The highest BCUT2D eigenvalue weighted by Crippen LogP contribution is 2.15. The predicted molar refractivity (Wildman–Crippen MR) is 85.1 cm³/mol. The van der Waals surface area contributed by atoms with E-state index in [1.54, 1.807) is 6.20 Å². The van der Waals surface area contributed by atoms with Gasteiger partial charge in [0, 0.05) is 18.9 Å². The summed E-state index contributed by atoms with van der Waals surface area (Å²) < 4.78 is 2.27. The fraction of sp³-hybridized carbons (Fsp3) is 0.294. The zero-order valence-electron chi connectivity index (χ0n) is 12.3. The normalized spacial score (nSPS) is 11.1. The molecule has 0 bridgehead atoms. The number of benzene rings is 1. The first-order valence-corrected chi connectivity index (χ1v) is 7.42. The van der Waals surface area contributed by atoms with E-state index in [0.29, 0.717) is 0 Å². The number of nitrogens with one attached hydrogen (secondary N) is 1. The quantitative estimate of drug-likeness (QED) is 0.706. The van der Waals surface area contributed by atoms with Gasteiger partial charge in [0.25, 0.3) is 0 Å². The fourth-order valence-corrected chi connectivity index (χ4v) is 2.59. The number of pyridine rings is 1. The second-order valence-electron chi connectivity index (χ2n) is 5.05. The van der Waals surface area contributed by atoms with E-state index in [1.807, 2.05) is 18.3 Å². The number of hydrogen-bond acceptors (Lipinski definition) is 3. The van der Waals surface area contributed by atoms with Crippen LogP contribution in [0.4, 0.5) is 0 Å². The molecule has 1 N–H and O–H groups in total. The molecule has 3 rings (SSSR count). The Morgan fingerprint density at radius 1 is 1.14 bits per heavy atom. The van der Waals surface area contributed by atoms with E-state index in [2.05, 4.69) is 46.1 Å². The topological polar surface area (TPSA) is 42.7 Å². The maximum atomic E-state index is 4.72. The van der Waals surface area contributed by atoms with Crippen LogP contribution < -0.4 is 5.32 Å². The summed E-state index contributed by atoms with van der Waals surface area (Å²) in [4.78, 5) is 8.85. The molecule has 21 heavy (non-hydrogen) atoms. The summed E-state index contributed by atoms with van der Waals surface area (Å²) in [5.41, 5.74) is 3.54. The van der Waals surface area contributed by atoms with E-state index in [4.69, 9.17) is 4.98 Å². The second kappa shape index (κ2) is 6.50. The third kappa shape index (κ3) is 3.11. The van der Waals surface area contributed by atoms with Gasteiger partial charge in [-0.05, 0) is 43.7 Å². The summed E-state index contributed by atoms with van der Waals surface area (Å²) in [6.45, 7) is 4.83. The van der Waals surface area contributed by atoms with Crippen molar-refractivity contribution in [2.24, 2.45) is 0 Å². The van der Waals surface area contributed by atoms with Crippen LogP contribution >= 0.6 is 0 Å². The monoisotopic (exact) mass is 280 g/mol. The number of imidazole rings is 1. The zero-order chi connectivity index (χ0) is 14.5. The Labute approximate surface area is 124 Å². The Morgan fingerprint density at radius 3 is 2.86 bits per heavy atom. The van der Waals surface area contributed by atoms with Gasteiger partial charge < -0.3 is 9.88 Å². The number of aromatic nitrogens is 3. The van der Waals surface area contributed by atoms with Crippen LogP contribution in [0.3, 0.4) is 0 Å². The summed E-state index contributed by atoms with van der Waals surface area (Å²) in [5, 5.41) is 3.47. The highest BCUT2D eigenvalue weighted by atomic mass is 15.1. The van der Waals surface area contributed by atoms with E-state index < -0.39 is 0 Å². The van der Waals surface area contributed by atoms with Crippen molar-refractivity contribution in [1.29, 1.82) is 0 Å². The Hall–Kier alpha value is -2.20. The van der Waals surface area contributed by atoms with E-state index in [0.717, 1.165) is 37.4 Å². The average molecular weight is 280 g/mol. The molecule has 0 aliphatic carbocycles. The fourth-order valence-electron chi connectivity index (χ4n) is 2.59. The third-order valence-corrected chi connectivity index (χ3v) is 3.65. The average Bonchev–Trinajstić information content (AvgIpc) is 2.90. The van der Waals surface area contributed by atoms with Gasteiger partial charge in [0.05, 0.1) is 17.6 Å². The second-order valence-corrected chi connectivity index (χ2v) is 5.05. The van der Waals surface area contributed by atoms with Crippen molar-refractivity contribution in [2.75, 3.05) is 6.54 Å². The van der Waals surface area contributed by atoms with Crippen LogP contribution in [-0.4, -0.2) is 21.1 Å². The van der Waals surface area contributed by atoms with Gasteiger partial charge in [-0.2, -0.15) is 0 Å². The minimum absolute atomic E-state index is 0.794. The molecule has 1 aromatic carbocycles. The Kier molecular flexibility index (Phi) is 4.26. The number of nitrogens with zero attached hydrogens (tertiary/aromatic N) is 3. The van der Waals surface area contributed by atoms with Crippen molar-refractivity contribution >= 4 is 11.0 Å². The molecular formula is C17H20N4. The van der Waals surface area contributed by atoms with Crippen LogP contribution in [0.1, 0.15) is 18.3 Å². The van der Waals surface area contributed by atoms with Crippen LogP contribution in [-0.2, 0) is 19.5 Å². The molecule has 0 saturated heterocycles. The molecule has 0 unspecified atom stereocenters. The summed E-state index contributed by atoms with van der Waals surface area (Å²) in [6.07, 6.45) is 4.71. The highest BCUT2D eigenvalue weighted by molar-refractivity contribution is 5.75. The largest absolute Gasteiger partial charge is 0.327 e. The molecule has 2 heterocycles. The van der Waals surface area contributed by atoms with Gasteiger partial charge in [0.1, 0.15) is 5.82 Å². The molecule has 0 aliphatic heterocycles. The van der Waals surface area contributed by atoms with E-state index in [1.165, 1.54) is 11.1 Å². The summed E-state index contributed by atoms with van der Waals surface area (Å²) >= 11 is 0. The molecular weight excluding hydrogens is 260 g/mol. The SMILES string of the molecule is CCn1c(CNCCc2cccnc2)nc2ccccc21. The molecule has 0 aliphatic rings. The molecule has 3 aromatic rings. The molecule has 0 spiro atoms.